The van der Waals surface area contributed by atoms with Crippen molar-refractivity contribution in [3.8, 4) is 5.69 Å². The molecule has 31 heavy (non-hydrogen) atoms. The summed E-state index contributed by atoms with van der Waals surface area (Å²) in [4.78, 5) is 25.9. The maximum atomic E-state index is 15.0. The van der Waals surface area contributed by atoms with E-state index in [-0.39, 0.29) is 33.6 Å². The molecule has 1 aromatic heterocycles. The van der Waals surface area contributed by atoms with Crippen molar-refractivity contribution in [2.24, 2.45) is 11.7 Å². The molecule has 162 valence electrons. The van der Waals surface area contributed by atoms with E-state index in [4.69, 9.17) is 17.3 Å². The molecule has 1 saturated heterocycles. The summed E-state index contributed by atoms with van der Waals surface area (Å²) in [6.45, 7) is 1.01. The molecule has 0 amide bonds. The predicted octanol–water partition coefficient (Wildman–Crippen LogP) is 3.11. The van der Waals surface area contributed by atoms with Crippen molar-refractivity contribution in [2.45, 2.75) is 5.38 Å². The van der Waals surface area contributed by atoms with E-state index < -0.39 is 34.4 Å². The van der Waals surface area contributed by atoms with Crippen molar-refractivity contribution >= 4 is 34.2 Å². The number of pyridine rings is 1. The molecule has 2 aromatic carbocycles. The molecule has 6 nitrogen and oxygen atoms in total. The Labute approximate surface area is 179 Å². The molecule has 0 bridgehead atoms. The van der Waals surface area contributed by atoms with Crippen molar-refractivity contribution in [3.63, 3.8) is 0 Å². The molecule has 0 radical (unpaired) electrons. The van der Waals surface area contributed by atoms with Crippen LogP contribution in [0.15, 0.2) is 41.3 Å². The minimum absolute atomic E-state index is 0.0668. The first-order valence-corrected chi connectivity index (χ1v) is 9.81. The van der Waals surface area contributed by atoms with Crippen LogP contribution in [0.2, 0.25) is 0 Å². The molecule has 0 aliphatic carbocycles. The minimum atomic E-state index is -1.55. The number of hydrogen-bond acceptors (Lipinski definition) is 4. The van der Waals surface area contributed by atoms with E-state index >= 15 is 0 Å². The first kappa shape index (κ1) is 21.2. The third-order valence-corrected chi connectivity index (χ3v) is 5.97. The molecule has 1 aliphatic rings. The number of nitrogens with two attached hydrogens (primary N) is 1. The molecular formula is C21H17ClF3N3O3. The number of aromatic nitrogens is 1. The summed E-state index contributed by atoms with van der Waals surface area (Å²) in [5, 5.41) is 8.85. The molecule has 2 heterocycles. The zero-order valence-corrected chi connectivity index (χ0v) is 16.7. The normalized spacial score (nSPS) is 18.7. The maximum absolute atomic E-state index is 15.0. The molecule has 0 unspecified atom stereocenters. The predicted molar refractivity (Wildman–Crippen MR) is 111 cm³/mol. The lowest BCUT2D eigenvalue weighted by atomic mass is 10.1. The van der Waals surface area contributed by atoms with Crippen LogP contribution in [0.5, 0.6) is 0 Å². The Morgan fingerprint density at radius 2 is 1.84 bits per heavy atom. The highest BCUT2D eigenvalue weighted by atomic mass is 35.5. The highest BCUT2D eigenvalue weighted by molar-refractivity contribution is 6.21. The van der Waals surface area contributed by atoms with Crippen molar-refractivity contribution in [1.29, 1.82) is 0 Å². The van der Waals surface area contributed by atoms with E-state index in [1.807, 2.05) is 0 Å². The summed E-state index contributed by atoms with van der Waals surface area (Å²) in [6.07, 6.45) is 0.946. The van der Waals surface area contributed by atoms with Gasteiger partial charge in [-0.05, 0) is 30.8 Å². The Kier molecular flexibility index (Phi) is 5.40. The first-order valence-electron chi connectivity index (χ1n) is 9.38. The van der Waals surface area contributed by atoms with Gasteiger partial charge in [0.15, 0.2) is 0 Å². The number of rotatable bonds is 4. The van der Waals surface area contributed by atoms with Crippen molar-refractivity contribution in [3.05, 3.63) is 69.8 Å². The number of carboxylic acids is 1. The number of carboxylic acid groups (broad SMARTS) is 1. The number of anilines is 1. The number of carbonyl (C=O) groups is 1. The van der Waals surface area contributed by atoms with Gasteiger partial charge < -0.3 is 20.3 Å². The molecular weight excluding hydrogens is 435 g/mol. The summed E-state index contributed by atoms with van der Waals surface area (Å²) < 4.78 is 44.0. The summed E-state index contributed by atoms with van der Waals surface area (Å²) in [6, 6.07) is 5.00. The van der Waals surface area contributed by atoms with Crippen LogP contribution in [0.4, 0.5) is 18.9 Å². The Morgan fingerprint density at radius 1 is 1.13 bits per heavy atom. The molecule has 3 aromatic rings. The third kappa shape index (κ3) is 3.64. The van der Waals surface area contributed by atoms with Crippen molar-refractivity contribution < 1.29 is 23.1 Å². The first-order chi connectivity index (χ1) is 14.7. The molecule has 10 heteroatoms. The standard InChI is InChI=1S/C21H17ClF3N3O3/c22-14-9-27(7-10(14)6-26)19-5-18-12(4-16(19)25)20(29)13(21(30)31)8-28(18)17-2-1-11(23)3-15(17)24/h1-5,8,10,14H,6-7,9,26H2,(H,30,31)/t10-,14+/m1/s1. The number of alkyl halides is 1. The van der Waals surface area contributed by atoms with Crippen LogP contribution in [0.1, 0.15) is 10.4 Å². The number of hydrogen-bond donors (Lipinski definition) is 2. The van der Waals surface area contributed by atoms with Gasteiger partial charge in [0, 0.05) is 36.7 Å². The molecule has 0 spiro atoms. The van der Waals surface area contributed by atoms with E-state index in [1.165, 1.54) is 6.07 Å². The lowest BCUT2D eigenvalue weighted by molar-refractivity contribution is 0.0695. The minimum Gasteiger partial charge on any atom is -0.477 e. The second-order valence-corrected chi connectivity index (χ2v) is 7.94. The van der Waals surface area contributed by atoms with Crippen molar-refractivity contribution in [1.82, 2.24) is 4.57 Å². The van der Waals surface area contributed by atoms with Crippen LogP contribution in [0.3, 0.4) is 0 Å². The van der Waals surface area contributed by atoms with Crippen LogP contribution in [-0.2, 0) is 0 Å². The van der Waals surface area contributed by atoms with Gasteiger partial charge in [-0.25, -0.2) is 18.0 Å². The third-order valence-electron chi connectivity index (χ3n) is 5.48. The van der Waals surface area contributed by atoms with Crippen LogP contribution >= 0.6 is 11.6 Å². The molecule has 4 rings (SSSR count). The van der Waals surface area contributed by atoms with Gasteiger partial charge in [0.1, 0.15) is 23.0 Å². The topological polar surface area (TPSA) is 88.6 Å². The number of halogens is 4. The number of aromatic carboxylic acids is 1. The van der Waals surface area contributed by atoms with E-state index in [1.54, 1.807) is 4.90 Å². The average molecular weight is 452 g/mol. The number of fused-ring (bicyclic) bond motifs is 1. The van der Waals surface area contributed by atoms with Gasteiger partial charge >= 0.3 is 5.97 Å². The highest BCUT2D eigenvalue weighted by Crippen LogP contribution is 2.32. The van der Waals surface area contributed by atoms with Gasteiger partial charge in [0.25, 0.3) is 0 Å². The van der Waals surface area contributed by atoms with Crippen LogP contribution in [0.25, 0.3) is 16.6 Å². The van der Waals surface area contributed by atoms with Gasteiger partial charge in [0.05, 0.1) is 22.3 Å². The molecule has 1 fully saturated rings. The van der Waals surface area contributed by atoms with Crippen LogP contribution in [0, 0.1) is 23.4 Å². The van der Waals surface area contributed by atoms with Crippen LogP contribution in [-0.4, -0.2) is 40.7 Å². The SMILES string of the molecule is NC[C@@H]1CN(c2cc3c(cc2F)c(=O)c(C(=O)O)cn3-c2ccc(F)cc2F)C[C@@H]1Cl. The highest BCUT2D eigenvalue weighted by Gasteiger charge is 2.32. The van der Waals surface area contributed by atoms with Gasteiger partial charge in [-0.2, -0.15) is 0 Å². The number of nitrogens with zero attached hydrogens (tertiary/aromatic N) is 2. The molecule has 1 aliphatic heterocycles. The van der Waals surface area contributed by atoms with E-state index in [0.29, 0.717) is 25.7 Å². The fourth-order valence-corrected chi connectivity index (χ4v) is 4.20. The Hall–Kier alpha value is -3.04. The van der Waals surface area contributed by atoms with Gasteiger partial charge in [-0.15, -0.1) is 11.6 Å². The Bertz CT molecular complexity index is 1260. The lowest BCUT2D eigenvalue weighted by Crippen LogP contribution is -2.24. The Balaban J connectivity index is 2.00. The van der Waals surface area contributed by atoms with E-state index in [0.717, 1.165) is 29.0 Å². The van der Waals surface area contributed by atoms with Crippen molar-refractivity contribution in [2.75, 3.05) is 24.5 Å². The lowest BCUT2D eigenvalue weighted by Gasteiger charge is -2.21. The molecule has 3 N–H and O–H groups in total. The fourth-order valence-electron chi connectivity index (χ4n) is 3.86. The zero-order valence-electron chi connectivity index (χ0n) is 16.0. The average Bonchev–Trinajstić information content (AvgIpc) is 3.09. The smallest absolute Gasteiger partial charge is 0.341 e. The maximum Gasteiger partial charge on any atom is 0.341 e. The van der Waals surface area contributed by atoms with E-state index in [9.17, 15) is 27.9 Å². The monoisotopic (exact) mass is 451 g/mol. The summed E-state index contributed by atoms with van der Waals surface area (Å²) in [5.74, 6) is -4.17. The van der Waals surface area contributed by atoms with Gasteiger partial charge in [0.2, 0.25) is 5.43 Å². The van der Waals surface area contributed by atoms with Gasteiger partial charge in [-0.1, -0.05) is 0 Å². The largest absolute Gasteiger partial charge is 0.477 e. The van der Waals surface area contributed by atoms with Crippen LogP contribution < -0.4 is 16.1 Å². The molecule has 2 atom stereocenters. The van der Waals surface area contributed by atoms with E-state index in [2.05, 4.69) is 0 Å². The fraction of sp³-hybridized carbons (Fsp3) is 0.238. The number of benzene rings is 2. The second kappa shape index (κ2) is 7.90. The summed E-state index contributed by atoms with van der Waals surface area (Å²) in [7, 11) is 0. The Morgan fingerprint density at radius 3 is 2.45 bits per heavy atom. The quantitative estimate of drug-likeness (QED) is 0.595. The summed E-state index contributed by atoms with van der Waals surface area (Å²) in [5.41, 5.74) is 4.12. The second-order valence-electron chi connectivity index (χ2n) is 7.38. The van der Waals surface area contributed by atoms with Gasteiger partial charge in [-0.3, -0.25) is 4.79 Å². The summed E-state index contributed by atoms with van der Waals surface area (Å²) >= 11 is 6.29. The zero-order chi connectivity index (χ0) is 22.4. The molecule has 0 saturated carbocycles.